The predicted molar refractivity (Wildman–Crippen MR) is 98.9 cm³/mol. The van der Waals surface area contributed by atoms with E-state index in [0.29, 0.717) is 12.0 Å². The van der Waals surface area contributed by atoms with E-state index in [-0.39, 0.29) is 30.3 Å². The first-order valence-electron chi connectivity index (χ1n) is 9.28. The fourth-order valence-electron chi connectivity index (χ4n) is 3.20. The van der Waals surface area contributed by atoms with E-state index in [4.69, 9.17) is 0 Å². The van der Waals surface area contributed by atoms with Gasteiger partial charge in [-0.3, -0.25) is 14.4 Å². The van der Waals surface area contributed by atoms with Gasteiger partial charge in [-0.2, -0.15) is 0 Å². The number of hydrogen-bond acceptors (Lipinski definition) is 3. The highest BCUT2D eigenvalue weighted by Crippen LogP contribution is 2.17. The van der Waals surface area contributed by atoms with E-state index in [1.807, 2.05) is 31.7 Å². The van der Waals surface area contributed by atoms with Crippen LogP contribution in [0.4, 0.5) is 0 Å². The Kier molecular flexibility index (Phi) is 9.24. The molecule has 1 aliphatic heterocycles. The fourth-order valence-corrected chi connectivity index (χ4v) is 3.20. The summed E-state index contributed by atoms with van der Waals surface area (Å²) in [4.78, 5) is 38.9. The van der Waals surface area contributed by atoms with Crippen LogP contribution in [0.5, 0.6) is 0 Å². The van der Waals surface area contributed by atoms with Crippen molar-refractivity contribution in [2.75, 3.05) is 26.7 Å². The first-order chi connectivity index (χ1) is 11.9. The first-order valence-corrected chi connectivity index (χ1v) is 9.28. The van der Waals surface area contributed by atoms with Gasteiger partial charge in [-0.25, -0.2) is 0 Å². The minimum Gasteiger partial charge on any atom is -0.350 e. The van der Waals surface area contributed by atoms with Gasteiger partial charge in [0.25, 0.3) is 0 Å². The van der Waals surface area contributed by atoms with Crippen LogP contribution in [-0.4, -0.2) is 60.7 Å². The van der Waals surface area contributed by atoms with Crippen molar-refractivity contribution >= 4 is 18.2 Å². The molecule has 0 aliphatic carbocycles. The molecule has 0 aromatic carbocycles. The number of rotatable bonds is 7. The molecule has 1 aliphatic rings. The zero-order chi connectivity index (χ0) is 18.8. The van der Waals surface area contributed by atoms with Gasteiger partial charge < -0.3 is 15.1 Å². The molecule has 0 spiro atoms. The SMILES string of the molecule is C/C(=C\[C@H](C(C)C)N(C)C(=O)CNC=O)C(=O)N1CCCCCCC1. The second-order valence-electron chi connectivity index (χ2n) is 7.15. The Hall–Kier alpha value is -1.85. The van der Waals surface area contributed by atoms with Gasteiger partial charge in [0.2, 0.25) is 18.2 Å². The van der Waals surface area contributed by atoms with Gasteiger partial charge in [-0.1, -0.05) is 39.2 Å². The number of carbonyl (C=O) groups excluding carboxylic acids is 3. The molecule has 25 heavy (non-hydrogen) atoms. The lowest BCUT2D eigenvalue weighted by Gasteiger charge is -2.30. The summed E-state index contributed by atoms with van der Waals surface area (Å²) in [5.41, 5.74) is 0.683. The number of likely N-dealkylation sites (tertiary alicyclic amines) is 1. The topological polar surface area (TPSA) is 69.7 Å². The molecule has 0 unspecified atom stereocenters. The lowest BCUT2D eigenvalue weighted by atomic mass is 9.99. The molecule has 0 bridgehead atoms. The maximum Gasteiger partial charge on any atom is 0.249 e. The predicted octanol–water partition coefficient (Wildman–Crippen LogP) is 1.95. The van der Waals surface area contributed by atoms with Crippen LogP contribution in [0.25, 0.3) is 0 Å². The largest absolute Gasteiger partial charge is 0.350 e. The Morgan fingerprint density at radius 1 is 1.12 bits per heavy atom. The molecule has 1 N–H and O–H groups in total. The van der Waals surface area contributed by atoms with E-state index < -0.39 is 0 Å². The van der Waals surface area contributed by atoms with Gasteiger partial charge in [-0.05, 0) is 25.7 Å². The minimum atomic E-state index is -0.181. The zero-order valence-electron chi connectivity index (χ0n) is 16.1. The standard InChI is InChI=1S/C19H33N3O3/c1-15(2)17(21(4)18(24)13-20-14-23)12-16(3)19(25)22-10-8-6-5-7-9-11-22/h12,14-15,17H,5-11,13H2,1-4H3,(H,20,23)/b16-12+/t17-/m1/s1. The Bertz CT molecular complexity index is 480. The molecule has 1 fully saturated rings. The third-order valence-corrected chi connectivity index (χ3v) is 4.76. The van der Waals surface area contributed by atoms with E-state index in [0.717, 1.165) is 25.9 Å². The average Bonchev–Trinajstić information content (AvgIpc) is 2.55. The molecule has 6 heteroatoms. The average molecular weight is 351 g/mol. The molecule has 0 saturated carbocycles. The third kappa shape index (κ3) is 6.88. The molecule has 6 nitrogen and oxygen atoms in total. The Morgan fingerprint density at radius 2 is 1.68 bits per heavy atom. The second kappa shape index (κ2) is 10.9. The van der Waals surface area contributed by atoms with Gasteiger partial charge in [0, 0.05) is 25.7 Å². The van der Waals surface area contributed by atoms with Crippen molar-refractivity contribution in [2.24, 2.45) is 5.92 Å². The number of amides is 3. The summed E-state index contributed by atoms with van der Waals surface area (Å²) in [6.07, 6.45) is 8.15. The maximum absolute atomic E-state index is 12.8. The van der Waals surface area contributed by atoms with Gasteiger partial charge in [-0.15, -0.1) is 0 Å². The fraction of sp³-hybridized carbons (Fsp3) is 0.737. The third-order valence-electron chi connectivity index (χ3n) is 4.76. The lowest BCUT2D eigenvalue weighted by molar-refractivity contribution is -0.132. The van der Waals surface area contributed by atoms with Crippen LogP contribution in [-0.2, 0) is 14.4 Å². The van der Waals surface area contributed by atoms with Crippen molar-refractivity contribution in [2.45, 2.75) is 58.9 Å². The van der Waals surface area contributed by atoms with Crippen LogP contribution in [0.15, 0.2) is 11.6 Å². The van der Waals surface area contributed by atoms with Crippen LogP contribution in [0, 0.1) is 5.92 Å². The van der Waals surface area contributed by atoms with Crippen molar-refractivity contribution in [3.63, 3.8) is 0 Å². The molecular weight excluding hydrogens is 318 g/mol. The number of carbonyl (C=O) groups is 3. The summed E-state index contributed by atoms with van der Waals surface area (Å²) in [5.74, 6) is 0.0632. The minimum absolute atomic E-state index is 0.0316. The quantitative estimate of drug-likeness (QED) is 0.563. The van der Waals surface area contributed by atoms with Gasteiger partial charge >= 0.3 is 0 Å². The first kappa shape index (κ1) is 21.2. The Balaban J connectivity index is 2.82. The molecule has 0 aromatic heterocycles. The summed E-state index contributed by atoms with van der Waals surface area (Å²) >= 11 is 0. The summed E-state index contributed by atoms with van der Waals surface area (Å²) in [6.45, 7) is 7.47. The number of likely N-dealkylation sites (N-methyl/N-ethyl adjacent to an activating group) is 1. The smallest absolute Gasteiger partial charge is 0.249 e. The van der Waals surface area contributed by atoms with Crippen molar-refractivity contribution in [1.82, 2.24) is 15.1 Å². The second-order valence-corrected chi connectivity index (χ2v) is 7.15. The van der Waals surface area contributed by atoms with E-state index in [2.05, 4.69) is 5.32 Å². The molecule has 1 atom stereocenters. The van der Waals surface area contributed by atoms with Crippen LogP contribution in [0.2, 0.25) is 0 Å². The van der Waals surface area contributed by atoms with E-state index in [1.165, 1.54) is 19.3 Å². The van der Waals surface area contributed by atoms with Crippen LogP contribution in [0.3, 0.4) is 0 Å². The highest BCUT2D eigenvalue weighted by molar-refractivity contribution is 5.93. The summed E-state index contributed by atoms with van der Waals surface area (Å²) < 4.78 is 0. The van der Waals surface area contributed by atoms with Crippen molar-refractivity contribution in [3.05, 3.63) is 11.6 Å². The number of hydrogen-bond donors (Lipinski definition) is 1. The molecule has 0 radical (unpaired) electrons. The highest BCUT2D eigenvalue weighted by Gasteiger charge is 2.23. The van der Waals surface area contributed by atoms with E-state index in [1.54, 1.807) is 11.9 Å². The van der Waals surface area contributed by atoms with Crippen LogP contribution in [0.1, 0.15) is 52.9 Å². The molecular formula is C19H33N3O3. The molecule has 142 valence electrons. The molecule has 1 rings (SSSR count). The Labute approximate surface area is 151 Å². The zero-order valence-corrected chi connectivity index (χ0v) is 16.1. The number of nitrogens with one attached hydrogen (secondary N) is 1. The Morgan fingerprint density at radius 3 is 2.20 bits per heavy atom. The van der Waals surface area contributed by atoms with E-state index in [9.17, 15) is 14.4 Å². The molecule has 1 saturated heterocycles. The molecule has 1 heterocycles. The van der Waals surface area contributed by atoms with Gasteiger partial charge in [0.05, 0.1) is 12.6 Å². The summed E-state index contributed by atoms with van der Waals surface area (Å²) in [6, 6.07) is -0.181. The van der Waals surface area contributed by atoms with Crippen molar-refractivity contribution in [3.8, 4) is 0 Å². The summed E-state index contributed by atoms with van der Waals surface area (Å²) in [7, 11) is 1.71. The molecule has 0 aromatic rings. The van der Waals surface area contributed by atoms with Crippen LogP contribution >= 0.6 is 0 Å². The van der Waals surface area contributed by atoms with Crippen molar-refractivity contribution < 1.29 is 14.4 Å². The highest BCUT2D eigenvalue weighted by atomic mass is 16.2. The van der Waals surface area contributed by atoms with E-state index >= 15 is 0 Å². The lowest BCUT2D eigenvalue weighted by Crippen LogP contribution is -2.44. The van der Waals surface area contributed by atoms with Gasteiger partial charge in [0.15, 0.2) is 0 Å². The van der Waals surface area contributed by atoms with Crippen LogP contribution < -0.4 is 5.32 Å². The number of nitrogens with zero attached hydrogens (tertiary/aromatic N) is 2. The monoisotopic (exact) mass is 351 g/mol. The van der Waals surface area contributed by atoms with Gasteiger partial charge in [0.1, 0.15) is 0 Å². The summed E-state index contributed by atoms with van der Waals surface area (Å²) in [5, 5.41) is 2.40. The molecule has 3 amide bonds. The maximum atomic E-state index is 12.8. The van der Waals surface area contributed by atoms with Crippen molar-refractivity contribution in [1.29, 1.82) is 0 Å². The normalized spacial score (nSPS) is 17.5.